The molecule has 0 saturated heterocycles. The number of hydrogen-bond donors (Lipinski definition) is 2. The highest BCUT2D eigenvalue weighted by Crippen LogP contribution is 2.58. The minimum absolute atomic E-state index is 0.191. The van der Waals surface area contributed by atoms with E-state index >= 15 is 0 Å². The fourth-order valence-corrected chi connectivity index (χ4v) is 4.99. The van der Waals surface area contributed by atoms with Gasteiger partial charge in [0, 0.05) is 41.7 Å². The van der Waals surface area contributed by atoms with Crippen LogP contribution >= 0.6 is 0 Å². The van der Waals surface area contributed by atoms with Gasteiger partial charge in [0.1, 0.15) is 5.82 Å². The number of nitrogens with one attached hydrogen (secondary N) is 2. The van der Waals surface area contributed by atoms with E-state index in [0.717, 1.165) is 41.3 Å². The molecule has 1 aromatic carbocycles. The summed E-state index contributed by atoms with van der Waals surface area (Å²) >= 11 is 0. The second-order valence-electron chi connectivity index (χ2n) is 9.15. The summed E-state index contributed by atoms with van der Waals surface area (Å²) in [6.45, 7) is 21.8. The number of hydrogen-bond acceptors (Lipinski definition) is 3. The normalized spacial score (nSPS) is 22.5. The maximum atomic E-state index is 14.4. The Labute approximate surface area is 192 Å². The lowest BCUT2D eigenvalue weighted by Gasteiger charge is -2.35. The molecule has 0 amide bonds. The number of halogens is 1. The van der Waals surface area contributed by atoms with Gasteiger partial charge in [0.15, 0.2) is 0 Å². The third kappa shape index (κ3) is 4.36. The topological polar surface area (TPSA) is 39.1 Å². The first-order valence-corrected chi connectivity index (χ1v) is 11.5. The Morgan fingerprint density at radius 3 is 2.66 bits per heavy atom. The average molecular weight is 434 g/mol. The predicted molar refractivity (Wildman–Crippen MR) is 133 cm³/mol. The first-order valence-electron chi connectivity index (χ1n) is 11.5. The fourth-order valence-electron chi connectivity index (χ4n) is 4.99. The summed E-state index contributed by atoms with van der Waals surface area (Å²) in [7, 11) is 0. The summed E-state index contributed by atoms with van der Waals surface area (Å²) in [6, 6.07) is 5.42. The van der Waals surface area contributed by atoms with Gasteiger partial charge in [-0.3, -0.25) is 0 Å². The van der Waals surface area contributed by atoms with E-state index in [0.29, 0.717) is 29.1 Å². The van der Waals surface area contributed by atoms with Gasteiger partial charge in [0.05, 0.1) is 11.4 Å². The molecule has 2 unspecified atom stereocenters. The standard InChI is InChI=1S/C28H36FN3/c1-8-23-14-28(23,10-3)17-32-16-25(19(5)24(9-2)27(32)20(6)30)21(7)31-15-22-13-11-12-18(4)26(22)29/h9,11-13,16,23,30-31H,2,5,7-8,10,14-15,17H2,1,3-4,6H3. The zero-order chi connectivity index (χ0) is 23.6. The summed E-state index contributed by atoms with van der Waals surface area (Å²) in [4.78, 5) is 2.20. The minimum atomic E-state index is -0.191. The molecule has 0 bridgehead atoms. The van der Waals surface area contributed by atoms with Gasteiger partial charge in [0.2, 0.25) is 0 Å². The third-order valence-corrected chi connectivity index (χ3v) is 7.17. The van der Waals surface area contributed by atoms with Crippen molar-refractivity contribution in [1.29, 1.82) is 5.41 Å². The molecule has 1 fully saturated rings. The van der Waals surface area contributed by atoms with Crippen LogP contribution in [-0.4, -0.2) is 17.2 Å². The lowest BCUT2D eigenvalue weighted by Crippen LogP contribution is -2.33. The first-order chi connectivity index (χ1) is 15.2. The number of rotatable bonds is 10. The van der Waals surface area contributed by atoms with Gasteiger partial charge in [-0.2, -0.15) is 0 Å². The van der Waals surface area contributed by atoms with E-state index in [1.54, 1.807) is 25.1 Å². The van der Waals surface area contributed by atoms with Crippen molar-refractivity contribution in [3.63, 3.8) is 0 Å². The van der Waals surface area contributed by atoms with Crippen LogP contribution in [0, 0.1) is 29.5 Å². The molecule has 2 aliphatic rings. The quantitative estimate of drug-likeness (QED) is 0.398. The van der Waals surface area contributed by atoms with Crippen molar-refractivity contribution in [2.24, 2.45) is 11.3 Å². The number of allylic oxidation sites excluding steroid dienone is 4. The van der Waals surface area contributed by atoms with Crippen molar-refractivity contribution in [1.82, 2.24) is 10.2 Å². The van der Waals surface area contributed by atoms with Crippen LogP contribution in [0.5, 0.6) is 0 Å². The fraction of sp³-hybridized carbons (Fsp3) is 0.393. The molecule has 1 aromatic rings. The van der Waals surface area contributed by atoms with E-state index in [-0.39, 0.29) is 11.2 Å². The predicted octanol–water partition coefficient (Wildman–Crippen LogP) is 6.80. The van der Waals surface area contributed by atoms with Gasteiger partial charge in [0.25, 0.3) is 0 Å². The largest absolute Gasteiger partial charge is 0.381 e. The van der Waals surface area contributed by atoms with Gasteiger partial charge in [-0.05, 0) is 49.2 Å². The number of nitrogens with zero attached hydrogens (tertiary/aromatic N) is 1. The Kier molecular flexibility index (Phi) is 6.92. The molecule has 2 N–H and O–H groups in total. The van der Waals surface area contributed by atoms with E-state index < -0.39 is 0 Å². The summed E-state index contributed by atoms with van der Waals surface area (Å²) < 4.78 is 14.4. The Morgan fingerprint density at radius 2 is 2.09 bits per heavy atom. The highest BCUT2D eigenvalue weighted by molar-refractivity contribution is 5.98. The molecular formula is C28H36FN3. The van der Waals surface area contributed by atoms with Gasteiger partial charge in [-0.25, -0.2) is 4.39 Å². The maximum Gasteiger partial charge on any atom is 0.131 e. The van der Waals surface area contributed by atoms with Crippen molar-refractivity contribution in [2.75, 3.05) is 6.54 Å². The Bertz CT molecular complexity index is 1030. The number of benzene rings is 1. The van der Waals surface area contributed by atoms with Crippen LogP contribution in [0.4, 0.5) is 4.39 Å². The zero-order valence-electron chi connectivity index (χ0n) is 19.9. The van der Waals surface area contributed by atoms with Gasteiger partial charge < -0.3 is 15.6 Å². The molecule has 1 aliphatic carbocycles. The van der Waals surface area contributed by atoms with Crippen LogP contribution < -0.4 is 5.32 Å². The highest BCUT2D eigenvalue weighted by atomic mass is 19.1. The van der Waals surface area contributed by atoms with Gasteiger partial charge >= 0.3 is 0 Å². The Morgan fingerprint density at radius 1 is 1.38 bits per heavy atom. The van der Waals surface area contributed by atoms with Crippen LogP contribution in [0.3, 0.4) is 0 Å². The Balaban J connectivity index is 1.89. The monoisotopic (exact) mass is 433 g/mol. The van der Waals surface area contributed by atoms with Crippen LogP contribution in [0.25, 0.3) is 0 Å². The van der Waals surface area contributed by atoms with Crippen molar-refractivity contribution < 1.29 is 4.39 Å². The molecular weight excluding hydrogens is 397 g/mol. The minimum Gasteiger partial charge on any atom is -0.381 e. The molecule has 0 radical (unpaired) electrons. The average Bonchev–Trinajstić information content (AvgIpc) is 3.48. The zero-order valence-corrected chi connectivity index (χ0v) is 19.9. The van der Waals surface area contributed by atoms with E-state index in [1.165, 1.54) is 12.8 Å². The van der Waals surface area contributed by atoms with Crippen LogP contribution in [-0.2, 0) is 6.54 Å². The van der Waals surface area contributed by atoms with Crippen LogP contribution in [0.1, 0.15) is 51.2 Å². The maximum absolute atomic E-state index is 14.4. The molecule has 0 aromatic heterocycles. The molecule has 4 heteroatoms. The lowest BCUT2D eigenvalue weighted by molar-refractivity contribution is 0.313. The van der Waals surface area contributed by atoms with Crippen LogP contribution in [0.15, 0.2) is 78.3 Å². The lowest BCUT2D eigenvalue weighted by atomic mass is 9.89. The molecule has 1 heterocycles. The van der Waals surface area contributed by atoms with Crippen molar-refractivity contribution in [2.45, 2.75) is 53.5 Å². The molecule has 32 heavy (non-hydrogen) atoms. The van der Waals surface area contributed by atoms with Crippen molar-refractivity contribution in [3.8, 4) is 0 Å². The van der Waals surface area contributed by atoms with E-state index in [9.17, 15) is 4.39 Å². The molecule has 3 nitrogen and oxygen atoms in total. The summed E-state index contributed by atoms with van der Waals surface area (Å²) in [5.74, 6) is 0.531. The summed E-state index contributed by atoms with van der Waals surface area (Å²) in [5.41, 5.74) is 6.08. The Hall–Kier alpha value is -2.88. The third-order valence-electron chi connectivity index (χ3n) is 7.17. The highest BCUT2D eigenvalue weighted by Gasteiger charge is 2.52. The molecule has 1 aliphatic heterocycles. The second-order valence-corrected chi connectivity index (χ2v) is 9.15. The molecule has 1 saturated carbocycles. The summed E-state index contributed by atoms with van der Waals surface area (Å²) in [6.07, 6.45) is 7.36. The van der Waals surface area contributed by atoms with Crippen molar-refractivity contribution >= 4 is 5.71 Å². The smallest absolute Gasteiger partial charge is 0.131 e. The molecule has 170 valence electrons. The number of aryl methyl sites for hydroxylation is 1. The molecule has 2 atom stereocenters. The van der Waals surface area contributed by atoms with E-state index in [1.807, 2.05) is 13.0 Å². The molecule has 0 spiro atoms. The summed E-state index contributed by atoms with van der Waals surface area (Å²) in [5, 5.41) is 11.7. The first kappa shape index (κ1) is 23.8. The van der Waals surface area contributed by atoms with E-state index in [2.05, 4.69) is 50.0 Å². The van der Waals surface area contributed by atoms with Gasteiger partial charge in [-0.1, -0.05) is 64.3 Å². The molecule has 3 rings (SSSR count). The van der Waals surface area contributed by atoms with Crippen molar-refractivity contribution in [3.05, 3.63) is 95.3 Å². The van der Waals surface area contributed by atoms with Gasteiger partial charge in [-0.15, -0.1) is 0 Å². The SMILES string of the molecule is C=CC1=C(C(C)=N)N(CC2(CC)CC2CC)C=C(C(=C)NCc2cccc(C)c2F)C1=C. The van der Waals surface area contributed by atoms with E-state index in [4.69, 9.17) is 5.41 Å². The van der Waals surface area contributed by atoms with Crippen LogP contribution in [0.2, 0.25) is 0 Å². The second kappa shape index (κ2) is 9.32.